The lowest BCUT2D eigenvalue weighted by Gasteiger charge is -2.18. The fourth-order valence-electron chi connectivity index (χ4n) is 1.23. The predicted octanol–water partition coefficient (Wildman–Crippen LogP) is 2.73. The summed E-state index contributed by atoms with van der Waals surface area (Å²) in [6.07, 6.45) is -2.90. The summed E-state index contributed by atoms with van der Waals surface area (Å²) < 4.78 is 36.5. The fourth-order valence-corrected chi connectivity index (χ4v) is 1.23. The van der Waals surface area contributed by atoms with Crippen LogP contribution in [0.4, 0.5) is 13.2 Å². The Morgan fingerprint density at radius 3 is 2.50 bits per heavy atom. The molecule has 1 rings (SSSR count). The monoisotopic (exact) mass is 177 g/mol. The van der Waals surface area contributed by atoms with Gasteiger partial charge < -0.3 is 0 Å². The maximum absolute atomic E-state index is 12.2. The SMILES string of the molecule is CC1=C(C(F)(F)F)C=N[C@H](C)C1. The molecule has 0 fully saturated rings. The third-order valence-electron chi connectivity index (χ3n) is 1.82. The molecule has 0 aliphatic carbocycles. The topological polar surface area (TPSA) is 12.4 Å². The number of aliphatic imine (C=N–C) groups is 1. The van der Waals surface area contributed by atoms with Gasteiger partial charge in [-0.05, 0) is 20.3 Å². The molecule has 1 atom stereocenters. The molecule has 0 aromatic rings. The Kier molecular flexibility index (Phi) is 2.26. The van der Waals surface area contributed by atoms with Crippen molar-refractivity contribution >= 4 is 6.21 Å². The summed E-state index contributed by atoms with van der Waals surface area (Å²) in [4.78, 5) is 3.73. The van der Waals surface area contributed by atoms with Gasteiger partial charge >= 0.3 is 6.18 Å². The second-order valence-electron chi connectivity index (χ2n) is 3.02. The minimum absolute atomic E-state index is 0.0175. The van der Waals surface area contributed by atoms with E-state index in [4.69, 9.17) is 0 Å². The number of rotatable bonds is 0. The largest absolute Gasteiger partial charge is 0.417 e. The molecule has 4 heteroatoms. The van der Waals surface area contributed by atoms with Crippen molar-refractivity contribution in [3.63, 3.8) is 0 Å². The van der Waals surface area contributed by atoms with Gasteiger partial charge in [-0.15, -0.1) is 0 Å². The summed E-state index contributed by atoms with van der Waals surface area (Å²) in [6.45, 7) is 3.30. The van der Waals surface area contributed by atoms with Crippen LogP contribution < -0.4 is 0 Å². The first kappa shape index (κ1) is 9.29. The van der Waals surface area contributed by atoms with E-state index in [1.807, 2.05) is 0 Å². The summed E-state index contributed by atoms with van der Waals surface area (Å²) in [5.74, 6) is 0. The summed E-state index contributed by atoms with van der Waals surface area (Å²) in [6, 6.07) is -0.0175. The van der Waals surface area contributed by atoms with Crippen LogP contribution in [0.15, 0.2) is 16.1 Å². The molecule has 0 saturated carbocycles. The lowest BCUT2D eigenvalue weighted by molar-refractivity contribution is -0.0867. The van der Waals surface area contributed by atoms with Gasteiger partial charge in [0.1, 0.15) is 0 Å². The van der Waals surface area contributed by atoms with Crippen LogP contribution in [0.2, 0.25) is 0 Å². The van der Waals surface area contributed by atoms with E-state index in [0.29, 0.717) is 12.0 Å². The Morgan fingerprint density at radius 2 is 2.08 bits per heavy atom. The molecule has 12 heavy (non-hydrogen) atoms. The molecule has 0 amide bonds. The quantitative estimate of drug-likeness (QED) is 0.539. The van der Waals surface area contributed by atoms with Crippen LogP contribution in [0.1, 0.15) is 20.3 Å². The summed E-state index contributed by atoms with van der Waals surface area (Å²) in [7, 11) is 0. The maximum Gasteiger partial charge on any atom is 0.417 e. The number of hydrogen-bond acceptors (Lipinski definition) is 1. The Labute approximate surface area is 69.0 Å². The molecule has 0 N–H and O–H groups in total. The smallest absolute Gasteiger partial charge is 0.289 e. The molecule has 0 saturated heterocycles. The highest BCUT2D eigenvalue weighted by Gasteiger charge is 2.35. The van der Waals surface area contributed by atoms with Crippen LogP contribution in [0.5, 0.6) is 0 Å². The van der Waals surface area contributed by atoms with Crippen molar-refractivity contribution in [2.45, 2.75) is 32.5 Å². The second-order valence-corrected chi connectivity index (χ2v) is 3.02. The van der Waals surface area contributed by atoms with E-state index < -0.39 is 11.7 Å². The summed E-state index contributed by atoms with van der Waals surface area (Å²) >= 11 is 0. The van der Waals surface area contributed by atoms with Crippen molar-refractivity contribution in [3.8, 4) is 0 Å². The first-order chi connectivity index (χ1) is 5.41. The van der Waals surface area contributed by atoms with Gasteiger partial charge in [0.05, 0.1) is 11.6 Å². The average Bonchev–Trinajstić information content (AvgIpc) is 1.83. The second kappa shape index (κ2) is 2.92. The highest BCUT2D eigenvalue weighted by Crippen LogP contribution is 2.30. The number of allylic oxidation sites excluding steroid dienone is 1. The minimum atomic E-state index is -4.24. The van der Waals surface area contributed by atoms with Gasteiger partial charge in [-0.3, -0.25) is 4.99 Å². The van der Waals surface area contributed by atoms with Crippen LogP contribution in [-0.2, 0) is 0 Å². The van der Waals surface area contributed by atoms with Crippen LogP contribution in [0.25, 0.3) is 0 Å². The Hall–Kier alpha value is -0.800. The van der Waals surface area contributed by atoms with Crippen molar-refractivity contribution in [1.82, 2.24) is 0 Å². The zero-order chi connectivity index (χ0) is 9.35. The molecule has 0 radical (unpaired) electrons. The summed E-state index contributed by atoms with van der Waals surface area (Å²) in [5, 5.41) is 0. The lowest BCUT2D eigenvalue weighted by Crippen LogP contribution is -2.20. The van der Waals surface area contributed by atoms with Crippen molar-refractivity contribution in [1.29, 1.82) is 0 Å². The first-order valence-electron chi connectivity index (χ1n) is 3.71. The normalized spacial score (nSPS) is 24.9. The zero-order valence-electron chi connectivity index (χ0n) is 6.94. The third-order valence-corrected chi connectivity index (χ3v) is 1.82. The maximum atomic E-state index is 12.2. The van der Waals surface area contributed by atoms with Crippen LogP contribution in [0, 0.1) is 0 Å². The van der Waals surface area contributed by atoms with E-state index in [1.54, 1.807) is 6.92 Å². The average molecular weight is 177 g/mol. The number of nitrogens with zero attached hydrogens (tertiary/aromatic N) is 1. The Bertz CT molecular complexity index is 237. The molecular formula is C8H10F3N. The van der Waals surface area contributed by atoms with E-state index in [-0.39, 0.29) is 6.04 Å². The molecule has 1 heterocycles. The summed E-state index contributed by atoms with van der Waals surface area (Å²) in [5.41, 5.74) is -0.203. The van der Waals surface area contributed by atoms with Crippen molar-refractivity contribution in [3.05, 3.63) is 11.1 Å². The van der Waals surface area contributed by atoms with Crippen LogP contribution >= 0.6 is 0 Å². The van der Waals surface area contributed by atoms with Gasteiger partial charge in [0.15, 0.2) is 0 Å². The van der Waals surface area contributed by atoms with Gasteiger partial charge in [0.25, 0.3) is 0 Å². The van der Waals surface area contributed by atoms with Crippen molar-refractivity contribution in [2.75, 3.05) is 0 Å². The number of hydrogen-bond donors (Lipinski definition) is 0. The third kappa shape index (κ3) is 1.87. The van der Waals surface area contributed by atoms with Gasteiger partial charge in [-0.1, -0.05) is 5.57 Å². The Balaban J connectivity index is 2.92. The van der Waals surface area contributed by atoms with Gasteiger partial charge in [-0.25, -0.2) is 0 Å². The minimum Gasteiger partial charge on any atom is -0.289 e. The number of alkyl halides is 3. The molecule has 1 aliphatic rings. The number of dihydropyridines is 1. The molecule has 0 aromatic heterocycles. The first-order valence-corrected chi connectivity index (χ1v) is 3.71. The molecule has 1 aliphatic heterocycles. The standard InChI is InChI=1S/C8H10F3N/c1-5-3-6(2)12-4-7(5)8(9,10)11/h4,6H,3H2,1-2H3/t6-/m1/s1. The highest BCUT2D eigenvalue weighted by atomic mass is 19.4. The van der Waals surface area contributed by atoms with Gasteiger partial charge in [0.2, 0.25) is 0 Å². The van der Waals surface area contributed by atoms with E-state index in [2.05, 4.69) is 4.99 Å². The van der Waals surface area contributed by atoms with E-state index in [9.17, 15) is 13.2 Å². The molecule has 68 valence electrons. The predicted molar refractivity (Wildman–Crippen MR) is 41.3 cm³/mol. The van der Waals surface area contributed by atoms with E-state index in [1.165, 1.54) is 6.92 Å². The molecule has 1 nitrogen and oxygen atoms in total. The molecule has 0 spiro atoms. The van der Waals surface area contributed by atoms with Crippen molar-refractivity contribution < 1.29 is 13.2 Å². The molecular weight excluding hydrogens is 167 g/mol. The zero-order valence-corrected chi connectivity index (χ0v) is 6.94. The Morgan fingerprint density at radius 1 is 1.50 bits per heavy atom. The van der Waals surface area contributed by atoms with Crippen molar-refractivity contribution in [2.24, 2.45) is 4.99 Å². The molecule has 0 unspecified atom stereocenters. The van der Waals surface area contributed by atoms with E-state index in [0.717, 1.165) is 6.21 Å². The van der Waals surface area contributed by atoms with Gasteiger partial charge in [-0.2, -0.15) is 13.2 Å². The van der Waals surface area contributed by atoms with Gasteiger partial charge in [0, 0.05) is 6.21 Å². The van der Waals surface area contributed by atoms with E-state index >= 15 is 0 Å². The van der Waals surface area contributed by atoms with Crippen LogP contribution in [-0.4, -0.2) is 18.4 Å². The lowest BCUT2D eigenvalue weighted by atomic mass is 10.0. The molecule has 0 aromatic carbocycles. The van der Waals surface area contributed by atoms with Crippen LogP contribution in [0.3, 0.4) is 0 Å². The number of halogens is 3. The fraction of sp³-hybridized carbons (Fsp3) is 0.625. The molecule has 0 bridgehead atoms. The highest BCUT2D eigenvalue weighted by molar-refractivity contribution is 5.82.